The molecule has 3 heteroatoms. The van der Waals surface area contributed by atoms with Crippen molar-refractivity contribution in [2.24, 2.45) is 0 Å². The van der Waals surface area contributed by atoms with Gasteiger partial charge < -0.3 is 0 Å². The molecule has 0 N–H and O–H groups in total. The monoisotopic (exact) mass is 265 g/mol. The minimum absolute atomic E-state index is 0.564. The molecule has 0 radical (unpaired) electrons. The van der Waals surface area contributed by atoms with Crippen molar-refractivity contribution in [2.45, 2.75) is 23.0 Å². The maximum absolute atomic E-state index is 8.52. The third-order valence-corrected chi connectivity index (χ3v) is 1.94. The summed E-state index contributed by atoms with van der Waals surface area (Å²) < 4.78 is -0.564. The second-order valence-electron chi connectivity index (χ2n) is 1.90. The van der Waals surface area contributed by atoms with Crippen molar-refractivity contribution in [3.63, 3.8) is 0 Å². The highest BCUT2D eigenvalue weighted by atomic mass is 79.9. The number of rotatable bonds is 3. The van der Waals surface area contributed by atoms with Crippen LogP contribution in [0.25, 0.3) is 0 Å². The van der Waals surface area contributed by atoms with E-state index >= 15 is 0 Å². The van der Waals surface area contributed by atoms with E-state index in [9.17, 15) is 0 Å². The van der Waals surface area contributed by atoms with Gasteiger partial charge >= 0.3 is 0 Å². The first kappa shape index (κ1) is 10.2. The highest BCUT2D eigenvalue weighted by Gasteiger charge is 2.18. The predicted molar refractivity (Wildman–Crippen MR) is 50.2 cm³/mol. The molecule has 0 aromatic rings. The fourth-order valence-corrected chi connectivity index (χ4v) is 0.817. The second kappa shape index (κ2) is 4.92. The lowest BCUT2D eigenvalue weighted by atomic mass is 10.3. The Hall–Kier alpha value is 0.190. The molecule has 0 unspecified atom stereocenters. The molecule has 0 aliphatic heterocycles. The van der Waals surface area contributed by atoms with Gasteiger partial charge in [0.15, 0.2) is 3.23 Å². The normalized spacial score (nSPS) is 11.8. The summed E-state index contributed by atoms with van der Waals surface area (Å²) in [6.07, 6.45) is 5.72. The molecule has 0 fully saturated rings. The number of alkyl halides is 2. The van der Waals surface area contributed by atoms with Crippen LogP contribution in [0.1, 0.15) is 19.8 Å². The third-order valence-electron chi connectivity index (χ3n) is 0.940. The molecule has 0 atom stereocenters. The van der Waals surface area contributed by atoms with Crippen LogP contribution >= 0.6 is 31.9 Å². The van der Waals surface area contributed by atoms with Crippen molar-refractivity contribution in [2.75, 3.05) is 0 Å². The third kappa shape index (κ3) is 5.01. The molecule has 0 aromatic heterocycles. The van der Waals surface area contributed by atoms with Crippen LogP contribution in [0, 0.1) is 11.3 Å². The molecule has 0 rings (SSSR count). The van der Waals surface area contributed by atoms with E-state index in [-0.39, 0.29) is 0 Å². The number of nitriles is 1. The van der Waals surface area contributed by atoms with E-state index in [1.807, 2.05) is 12.2 Å². The summed E-state index contributed by atoms with van der Waals surface area (Å²) in [5.41, 5.74) is 0. The quantitative estimate of drug-likeness (QED) is 0.568. The highest BCUT2D eigenvalue weighted by molar-refractivity contribution is 9.25. The average Bonchev–Trinajstić information content (AvgIpc) is 1.89. The topological polar surface area (TPSA) is 23.8 Å². The average molecular weight is 267 g/mol. The lowest BCUT2D eigenvalue weighted by Crippen LogP contribution is -2.04. The van der Waals surface area contributed by atoms with Gasteiger partial charge in [-0.1, -0.05) is 50.9 Å². The molecule has 10 heavy (non-hydrogen) atoms. The summed E-state index contributed by atoms with van der Waals surface area (Å²) in [5.74, 6) is 0. The molecule has 0 saturated heterocycles. The van der Waals surface area contributed by atoms with Crippen molar-refractivity contribution in [1.82, 2.24) is 0 Å². The molecule has 0 aliphatic rings. The first-order valence-electron chi connectivity index (χ1n) is 3.06. The lowest BCUT2D eigenvalue weighted by Gasteiger charge is -2.05. The van der Waals surface area contributed by atoms with Crippen molar-refractivity contribution in [3.05, 3.63) is 12.2 Å². The zero-order chi connectivity index (χ0) is 8.04. The number of hydrogen-bond acceptors (Lipinski definition) is 1. The first-order chi connectivity index (χ1) is 4.62. The molecule has 0 spiro atoms. The summed E-state index contributed by atoms with van der Waals surface area (Å²) in [7, 11) is 0. The Labute approximate surface area is 78.4 Å². The van der Waals surface area contributed by atoms with E-state index in [4.69, 9.17) is 5.26 Å². The van der Waals surface area contributed by atoms with Gasteiger partial charge in [-0.2, -0.15) is 5.26 Å². The molecule has 0 heterocycles. The van der Waals surface area contributed by atoms with Crippen molar-refractivity contribution >= 4 is 31.9 Å². The van der Waals surface area contributed by atoms with Gasteiger partial charge in [0.25, 0.3) is 0 Å². The smallest absolute Gasteiger partial charge is 0.169 e. The minimum Gasteiger partial charge on any atom is -0.196 e. The molecule has 0 saturated carbocycles. The van der Waals surface area contributed by atoms with Crippen molar-refractivity contribution < 1.29 is 0 Å². The number of allylic oxidation sites excluding steroid dienone is 2. The SMILES string of the molecule is CC/C=C\CC(Br)(Br)C#N. The Bertz CT molecular complexity index is 155. The van der Waals surface area contributed by atoms with E-state index in [0.29, 0.717) is 6.42 Å². The molecule has 0 amide bonds. The molecule has 0 bridgehead atoms. The van der Waals surface area contributed by atoms with Gasteiger partial charge in [0.1, 0.15) is 0 Å². The summed E-state index contributed by atoms with van der Waals surface area (Å²) in [4.78, 5) is 0. The van der Waals surface area contributed by atoms with Crippen LogP contribution < -0.4 is 0 Å². The first-order valence-corrected chi connectivity index (χ1v) is 4.65. The zero-order valence-corrected chi connectivity index (χ0v) is 8.94. The summed E-state index contributed by atoms with van der Waals surface area (Å²) in [5, 5.41) is 8.52. The van der Waals surface area contributed by atoms with Gasteiger partial charge in [-0.05, 0) is 6.42 Å². The van der Waals surface area contributed by atoms with Crippen LogP contribution in [0.15, 0.2) is 12.2 Å². The predicted octanol–water partition coefficient (Wildman–Crippen LogP) is 3.35. The van der Waals surface area contributed by atoms with Crippen LogP contribution in [-0.4, -0.2) is 3.23 Å². The summed E-state index contributed by atoms with van der Waals surface area (Å²) in [6, 6.07) is 2.08. The fraction of sp³-hybridized carbons (Fsp3) is 0.571. The fourth-order valence-electron chi connectivity index (χ4n) is 0.444. The summed E-state index contributed by atoms with van der Waals surface area (Å²) in [6.45, 7) is 2.06. The van der Waals surface area contributed by atoms with E-state index in [0.717, 1.165) is 6.42 Å². The van der Waals surface area contributed by atoms with E-state index in [2.05, 4.69) is 44.9 Å². The zero-order valence-electron chi connectivity index (χ0n) is 5.77. The molecule has 56 valence electrons. The lowest BCUT2D eigenvalue weighted by molar-refractivity contribution is 1.04. The maximum atomic E-state index is 8.52. The number of nitrogens with zero attached hydrogens (tertiary/aromatic N) is 1. The van der Waals surface area contributed by atoms with Crippen LogP contribution in [0.4, 0.5) is 0 Å². The van der Waals surface area contributed by atoms with Gasteiger partial charge in [0, 0.05) is 6.42 Å². The highest BCUT2D eigenvalue weighted by Crippen LogP contribution is 2.29. The molecular weight excluding hydrogens is 258 g/mol. The Kier molecular flexibility index (Phi) is 5.02. The largest absolute Gasteiger partial charge is 0.196 e. The Balaban J connectivity index is 3.70. The summed E-state index contributed by atoms with van der Waals surface area (Å²) >= 11 is 6.43. The second-order valence-corrected chi connectivity index (χ2v) is 5.67. The van der Waals surface area contributed by atoms with Crippen molar-refractivity contribution in [1.29, 1.82) is 5.26 Å². The van der Waals surface area contributed by atoms with Gasteiger partial charge in [-0.15, -0.1) is 0 Å². The maximum Gasteiger partial charge on any atom is 0.169 e. The van der Waals surface area contributed by atoms with E-state index < -0.39 is 3.23 Å². The van der Waals surface area contributed by atoms with Crippen LogP contribution in [0.5, 0.6) is 0 Å². The Morgan fingerprint density at radius 2 is 2.10 bits per heavy atom. The minimum atomic E-state index is -0.564. The van der Waals surface area contributed by atoms with Gasteiger partial charge in [-0.3, -0.25) is 0 Å². The standard InChI is InChI=1S/C7H9Br2N/c1-2-3-4-5-7(8,9)6-10/h3-4H,2,5H2,1H3/b4-3-. The molecule has 1 nitrogen and oxygen atoms in total. The van der Waals surface area contributed by atoms with Crippen LogP contribution in [0.2, 0.25) is 0 Å². The van der Waals surface area contributed by atoms with E-state index in [1.165, 1.54) is 0 Å². The van der Waals surface area contributed by atoms with Gasteiger partial charge in [0.05, 0.1) is 6.07 Å². The van der Waals surface area contributed by atoms with Crippen LogP contribution in [0.3, 0.4) is 0 Å². The van der Waals surface area contributed by atoms with Crippen molar-refractivity contribution in [3.8, 4) is 6.07 Å². The number of halogens is 2. The molecular formula is C7H9Br2N. The van der Waals surface area contributed by atoms with Gasteiger partial charge in [-0.25, -0.2) is 0 Å². The molecule has 0 aliphatic carbocycles. The Morgan fingerprint density at radius 3 is 2.50 bits per heavy atom. The van der Waals surface area contributed by atoms with Crippen LogP contribution in [-0.2, 0) is 0 Å². The van der Waals surface area contributed by atoms with Gasteiger partial charge in [0.2, 0.25) is 0 Å². The Morgan fingerprint density at radius 1 is 1.50 bits per heavy atom. The van der Waals surface area contributed by atoms with E-state index in [1.54, 1.807) is 0 Å². The number of hydrogen-bond donors (Lipinski definition) is 0. The molecule has 0 aromatic carbocycles.